The number of fused-ring (bicyclic) bond motifs is 1. The maximum absolute atomic E-state index is 12.6. The Morgan fingerprint density at radius 1 is 1.31 bits per heavy atom. The normalized spacial score (nSPS) is 16.4. The highest BCUT2D eigenvalue weighted by Gasteiger charge is 2.36. The fourth-order valence-electron chi connectivity index (χ4n) is 3.54. The van der Waals surface area contributed by atoms with E-state index in [-0.39, 0.29) is 24.2 Å². The fourth-order valence-corrected chi connectivity index (χ4v) is 3.90. The molecule has 0 aliphatic carbocycles. The number of nitrogens with zero attached hydrogens (tertiary/aromatic N) is 2. The molecule has 1 unspecified atom stereocenters. The topological polar surface area (TPSA) is 87.3 Å². The first-order valence-electron chi connectivity index (χ1n) is 9.40. The van der Waals surface area contributed by atoms with Gasteiger partial charge in [0.15, 0.2) is 5.82 Å². The van der Waals surface area contributed by atoms with Gasteiger partial charge in [-0.15, -0.1) is 0 Å². The molecule has 4 rings (SSSR count). The van der Waals surface area contributed by atoms with Gasteiger partial charge in [0.05, 0.1) is 18.5 Å². The number of halogens is 1. The first-order valence-corrected chi connectivity index (χ1v) is 10.2. The number of carbonyl (C=O) groups excluding carboxylic acids is 2. The minimum atomic E-state index is -0.374. The highest BCUT2D eigenvalue weighted by molar-refractivity contribution is 9.10. The van der Waals surface area contributed by atoms with Crippen molar-refractivity contribution in [1.29, 1.82) is 0 Å². The highest BCUT2D eigenvalue weighted by atomic mass is 79.9. The molecule has 2 aromatic carbocycles. The molecule has 150 valence electrons. The molecular formula is C21H21BrN4O3. The number of methoxy groups -OCH3 is 1. The number of rotatable bonds is 6. The molecule has 0 spiro atoms. The molecule has 3 aromatic rings. The van der Waals surface area contributed by atoms with Crippen molar-refractivity contribution in [3.8, 4) is 5.75 Å². The number of nitrogens with one attached hydrogen (secondary N) is 2. The Morgan fingerprint density at radius 3 is 2.86 bits per heavy atom. The van der Waals surface area contributed by atoms with Gasteiger partial charge >= 0.3 is 0 Å². The fraction of sp³-hybridized carbons (Fsp3) is 0.286. The van der Waals surface area contributed by atoms with Crippen LogP contribution in [0.5, 0.6) is 5.75 Å². The quantitative estimate of drug-likeness (QED) is 0.596. The molecule has 29 heavy (non-hydrogen) atoms. The highest BCUT2D eigenvalue weighted by Crippen LogP contribution is 2.31. The van der Waals surface area contributed by atoms with E-state index in [2.05, 4.69) is 31.4 Å². The van der Waals surface area contributed by atoms with Gasteiger partial charge in [0.1, 0.15) is 5.75 Å². The first-order chi connectivity index (χ1) is 14.0. The third kappa shape index (κ3) is 4.12. The maximum Gasteiger partial charge on any atom is 0.229 e. The van der Waals surface area contributed by atoms with Crippen LogP contribution in [0, 0.1) is 5.92 Å². The smallest absolute Gasteiger partial charge is 0.229 e. The third-order valence-electron chi connectivity index (χ3n) is 5.13. The number of H-pyrrole nitrogens is 1. The van der Waals surface area contributed by atoms with Crippen molar-refractivity contribution >= 4 is 44.5 Å². The van der Waals surface area contributed by atoms with Crippen molar-refractivity contribution in [3.05, 3.63) is 52.5 Å². The summed E-state index contributed by atoms with van der Waals surface area (Å²) in [5, 5.41) is 11.1. The summed E-state index contributed by atoms with van der Waals surface area (Å²) in [6.07, 6.45) is 0.915. The number of amides is 2. The second-order valence-corrected chi connectivity index (χ2v) is 7.95. The van der Waals surface area contributed by atoms with E-state index in [1.54, 1.807) is 12.0 Å². The van der Waals surface area contributed by atoms with Crippen LogP contribution in [0.4, 0.5) is 5.82 Å². The second-order valence-electron chi connectivity index (χ2n) is 7.03. The van der Waals surface area contributed by atoms with Gasteiger partial charge in [0, 0.05) is 29.4 Å². The van der Waals surface area contributed by atoms with Crippen LogP contribution in [-0.4, -0.2) is 42.2 Å². The van der Waals surface area contributed by atoms with Crippen LogP contribution in [-0.2, 0) is 16.0 Å². The molecule has 2 amide bonds. The number of aromatic amines is 1. The Bertz CT molecular complexity index is 1050. The summed E-state index contributed by atoms with van der Waals surface area (Å²) in [5.41, 5.74) is 1.96. The first kappa shape index (κ1) is 19.4. The lowest BCUT2D eigenvalue weighted by Crippen LogP contribution is -2.34. The van der Waals surface area contributed by atoms with Crippen LogP contribution in [0.15, 0.2) is 46.9 Å². The van der Waals surface area contributed by atoms with Gasteiger partial charge in [0.2, 0.25) is 11.8 Å². The molecule has 1 atom stereocenters. The molecule has 0 bridgehead atoms. The van der Waals surface area contributed by atoms with Crippen LogP contribution in [0.3, 0.4) is 0 Å². The van der Waals surface area contributed by atoms with Crippen molar-refractivity contribution in [2.24, 2.45) is 5.92 Å². The molecule has 1 aliphatic heterocycles. The summed E-state index contributed by atoms with van der Waals surface area (Å²) < 4.78 is 6.08. The summed E-state index contributed by atoms with van der Waals surface area (Å²) in [6, 6.07) is 13.5. The van der Waals surface area contributed by atoms with Gasteiger partial charge in [-0.1, -0.05) is 28.1 Å². The summed E-state index contributed by atoms with van der Waals surface area (Å²) in [4.78, 5) is 26.7. The molecule has 1 fully saturated rings. The van der Waals surface area contributed by atoms with E-state index in [0.29, 0.717) is 18.9 Å². The van der Waals surface area contributed by atoms with Crippen LogP contribution in [0.1, 0.15) is 12.0 Å². The van der Waals surface area contributed by atoms with Gasteiger partial charge in [-0.05, 0) is 42.3 Å². The molecule has 8 heteroatoms. The van der Waals surface area contributed by atoms with Crippen molar-refractivity contribution < 1.29 is 14.3 Å². The van der Waals surface area contributed by atoms with Crippen molar-refractivity contribution in [2.45, 2.75) is 12.8 Å². The average Bonchev–Trinajstić information content (AvgIpc) is 3.31. The van der Waals surface area contributed by atoms with Gasteiger partial charge in [-0.3, -0.25) is 19.6 Å². The monoisotopic (exact) mass is 456 g/mol. The molecule has 2 heterocycles. The zero-order valence-electron chi connectivity index (χ0n) is 15.9. The number of benzene rings is 2. The Labute approximate surface area is 176 Å². The number of anilines is 1. The van der Waals surface area contributed by atoms with E-state index in [1.165, 1.54) is 0 Å². The summed E-state index contributed by atoms with van der Waals surface area (Å²) in [5.74, 6) is 0.820. The van der Waals surface area contributed by atoms with Gasteiger partial charge in [-0.2, -0.15) is 5.10 Å². The zero-order valence-corrected chi connectivity index (χ0v) is 17.5. The Morgan fingerprint density at radius 2 is 2.10 bits per heavy atom. The Balaban J connectivity index is 1.36. The third-order valence-corrected chi connectivity index (χ3v) is 5.62. The van der Waals surface area contributed by atoms with Gasteiger partial charge in [0.25, 0.3) is 0 Å². The minimum absolute atomic E-state index is 0.0865. The van der Waals surface area contributed by atoms with E-state index in [0.717, 1.165) is 33.1 Å². The number of hydrogen-bond acceptors (Lipinski definition) is 4. The number of aromatic nitrogens is 2. The molecule has 7 nitrogen and oxygen atoms in total. The SMILES string of the molecule is COc1ccc(CCNC(=O)C2CC(=O)N(c3n[nH]c4cc(Br)ccc34)C2)cc1. The summed E-state index contributed by atoms with van der Waals surface area (Å²) in [6.45, 7) is 0.860. The van der Waals surface area contributed by atoms with Crippen molar-refractivity contribution in [1.82, 2.24) is 15.5 Å². The van der Waals surface area contributed by atoms with Gasteiger partial charge < -0.3 is 10.1 Å². The van der Waals surface area contributed by atoms with Crippen molar-refractivity contribution in [3.63, 3.8) is 0 Å². The lowest BCUT2D eigenvalue weighted by Gasteiger charge is -2.14. The number of hydrogen-bond donors (Lipinski definition) is 2. The van der Waals surface area contributed by atoms with Crippen molar-refractivity contribution in [2.75, 3.05) is 25.1 Å². The lowest BCUT2D eigenvalue weighted by atomic mass is 10.1. The second kappa shape index (κ2) is 8.24. The van der Waals surface area contributed by atoms with Crippen LogP contribution < -0.4 is 15.0 Å². The van der Waals surface area contributed by atoms with Crippen LogP contribution in [0.25, 0.3) is 10.9 Å². The summed E-state index contributed by atoms with van der Waals surface area (Å²) >= 11 is 3.43. The van der Waals surface area contributed by atoms with Crippen LogP contribution >= 0.6 is 15.9 Å². The number of ether oxygens (including phenoxy) is 1. The largest absolute Gasteiger partial charge is 0.497 e. The predicted octanol–water partition coefficient (Wildman–Crippen LogP) is 3.05. The zero-order chi connectivity index (χ0) is 20.4. The molecule has 2 N–H and O–H groups in total. The molecule has 1 saturated heterocycles. The average molecular weight is 457 g/mol. The van der Waals surface area contributed by atoms with E-state index >= 15 is 0 Å². The van der Waals surface area contributed by atoms with E-state index in [4.69, 9.17) is 4.74 Å². The molecule has 1 aliphatic rings. The lowest BCUT2D eigenvalue weighted by molar-refractivity contribution is -0.126. The minimum Gasteiger partial charge on any atom is -0.497 e. The standard InChI is InChI=1S/C21H21BrN4O3/c1-29-16-5-2-13(3-6-16)8-9-23-21(28)14-10-19(27)26(12-14)20-17-7-4-15(22)11-18(17)24-25-20/h2-7,11,14H,8-10,12H2,1H3,(H,23,28)(H,24,25). The molecular weight excluding hydrogens is 436 g/mol. The number of carbonyl (C=O) groups is 2. The maximum atomic E-state index is 12.6. The Kier molecular flexibility index (Phi) is 5.53. The predicted molar refractivity (Wildman–Crippen MR) is 114 cm³/mol. The van der Waals surface area contributed by atoms with E-state index in [9.17, 15) is 9.59 Å². The van der Waals surface area contributed by atoms with Gasteiger partial charge in [-0.25, -0.2) is 0 Å². The molecule has 1 aromatic heterocycles. The molecule has 0 radical (unpaired) electrons. The van der Waals surface area contributed by atoms with E-state index in [1.807, 2.05) is 42.5 Å². The summed E-state index contributed by atoms with van der Waals surface area (Å²) in [7, 11) is 1.63. The molecule has 0 saturated carbocycles. The van der Waals surface area contributed by atoms with Crippen LogP contribution in [0.2, 0.25) is 0 Å². The van der Waals surface area contributed by atoms with E-state index < -0.39 is 0 Å². The Hall–Kier alpha value is -2.87.